The minimum atomic E-state index is 0.572. The molecule has 2 rings (SSSR count). The number of thiophene rings is 1. The van der Waals surface area contributed by atoms with Crippen LogP contribution in [0, 0.1) is 0 Å². The van der Waals surface area contributed by atoms with E-state index in [-0.39, 0.29) is 0 Å². The summed E-state index contributed by atoms with van der Waals surface area (Å²) in [5.74, 6) is 0.972. The van der Waals surface area contributed by atoms with Crippen molar-refractivity contribution in [3.8, 4) is 5.75 Å². The van der Waals surface area contributed by atoms with E-state index in [2.05, 4.69) is 17.5 Å². The van der Waals surface area contributed by atoms with Gasteiger partial charge in [0, 0.05) is 0 Å². The predicted octanol–water partition coefficient (Wildman–Crippen LogP) is 2.57. The molecule has 0 saturated carbocycles. The van der Waals surface area contributed by atoms with Crippen LogP contribution in [-0.4, -0.2) is 21.6 Å². The van der Waals surface area contributed by atoms with Crippen LogP contribution in [0.1, 0.15) is 0 Å². The Labute approximate surface area is 100 Å². The van der Waals surface area contributed by atoms with Gasteiger partial charge < -0.3 is 0 Å². The number of para-hydroxylation sites is 1. The number of hydrogen-bond donors (Lipinski definition) is 0. The Morgan fingerprint density at radius 3 is 2.67 bits per heavy atom. The normalized spacial score (nSPS) is 10.1. The average molecular weight is 283 g/mol. The van der Waals surface area contributed by atoms with Crippen LogP contribution < -0.4 is 8.51 Å². The van der Waals surface area contributed by atoms with Gasteiger partial charge in [-0.25, -0.2) is 0 Å². The molecule has 1 aromatic carbocycles. The average Bonchev–Trinajstić information content (AvgIpc) is 2.79. The quantitative estimate of drug-likeness (QED) is 0.605. The molecule has 0 aliphatic heterocycles. The molecule has 1 aromatic heterocycles. The second kappa shape index (κ2) is 5.96. The Balaban J connectivity index is 1.68. The zero-order chi connectivity index (χ0) is 10.3. The van der Waals surface area contributed by atoms with E-state index in [0.717, 1.165) is 17.7 Å². The molecule has 0 saturated heterocycles. The summed E-state index contributed by atoms with van der Waals surface area (Å²) in [4.78, 5) is 0. The van der Waals surface area contributed by atoms with Crippen LogP contribution in [0.25, 0.3) is 0 Å². The third-order valence-corrected chi connectivity index (χ3v) is 5.37. The van der Waals surface area contributed by atoms with Crippen LogP contribution in [0.15, 0.2) is 47.8 Å². The molecule has 0 aliphatic carbocycles. The molecule has 78 valence electrons. The number of benzene rings is 1. The van der Waals surface area contributed by atoms with E-state index in [1.165, 1.54) is 3.78 Å². The molecule has 0 amide bonds. The van der Waals surface area contributed by atoms with Gasteiger partial charge in [0.1, 0.15) is 0 Å². The molecule has 0 unspecified atom stereocenters. The third kappa shape index (κ3) is 3.71. The van der Waals surface area contributed by atoms with Crippen LogP contribution in [-0.2, 0) is 0 Å². The molecule has 0 fully saturated rings. The topological polar surface area (TPSA) is 9.23 Å². The summed E-state index contributed by atoms with van der Waals surface area (Å²) in [6, 6.07) is 14.3. The summed E-state index contributed by atoms with van der Waals surface area (Å²) >= 11 is 2.41. The van der Waals surface area contributed by atoms with Gasteiger partial charge in [-0.05, 0) is 0 Å². The summed E-state index contributed by atoms with van der Waals surface area (Å²) < 4.78 is 7.12. The predicted molar refractivity (Wildman–Crippen MR) is 66.5 cm³/mol. The fraction of sp³-hybridized carbons (Fsp3) is 0.167. The van der Waals surface area contributed by atoms with Crippen molar-refractivity contribution < 1.29 is 4.74 Å². The van der Waals surface area contributed by atoms with Crippen LogP contribution >= 0.6 is 11.3 Å². The van der Waals surface area contributed by atoms with Crippen molar-refractivity contribution in [2.75, 3.05) is 6.61 Å². The molecule has 15 heavy (non-hydrogen) atoms. The van der Waals surface area contributed by atoms with Crippen LogP contribution in [0.4, 0.5) is 0 Å². The zero-order valence-electron chi connectivity index (χ0n) is 8.26. The number of ether oxygens (including phenoxy) is 1. The first-order chi connectivity index (χ1) is 7.45. The SMILES string of the molecule is c1ccc(OCC[Se]c2cccs2)cc1. The Hall–Kier alpha value is -0.761. The van der Waals surface area contributed by atoms with Crippen LogP contribution in [0.3, 0.4) is 0 Å². The molecule has 0 N–H and O–H groups in total. The monoisotopic (exact) mass is 284 g/mol. The number of hydrogen-bond acceptors (Lipinski definition) is 2. The van der Waals surface area contributed by atoms with Gasteiger partial charge in [-0.3, -0.25) is 0 Å². The molecular weight excluding hydrogens is 271 g/mol. The maximum absolute atomic E-state index is 5.62. The molecule has 1 heterocycles. The van der Waals surface area contributed by atoms with Crippen molar-refractivity contribution in [1.82, 2.24) is 0 Å². The van der Waals surface area contributed by atoms with Gasteiger partial charge in [-0.15, -0.1) is 0 Å². The van der Waals surface area contributed by atoms with E-state index in [1.54, 1.807) is 0 Å². The fourth-order valence-corrected chi connectivity index (χ4v) is 4.03. The van der Waals surface area contributed by atoms with E-state index >= 15 is 0 Å². The van der Waals surface area contributed by atoms with Gasteiger partial charge in [-0.1, -0.05) is 0 Å². The zero-order valence-corrected chi connectivity index (χ0v) is 10.8. The minimum absolute atomic E-state index is 0.572. The Morgan fingerprint density at radius 2 is 1.93 bits per heavy atom. The summed E-state index contributed by atoms with van der Waals surface area (Å²) in [5, 5.41) is 3.28. The Bertz CT molecular complexity index is 372. The second-order valence-electron chi connectivity index (χ2n) is 2.94. The summed E-state index contributed by atoms with van der Waals surface area (Å²) in [6.07, 6.45) is 0. The summed E-state index contributed by atoms with van der Waals surface area (Å²) in [6.45, 7) is 0.821. The van der Waals surface area contributed by atoms with Gasteiger partial charge in [0.2, 0.25) is 0 Å². The van der Waals surface area contributed by atoms with Crippen molar-refractivity contribution in [1.29, 1.82) is 0 Å². The molecule has 0 bridgehead atoms. The molecule has 3 heteroatoms. The fourth-order valence-electron chi connectivity index (χ4n) is 1.16. The number of rotatable bonds is 5. The molecule has 2 aromatic rings. The Morgan fingerprint density at radius 1 is 1.07 bits per heavy atom. The van der Waals surface area contributed by atoms with E-state index < -0.39 is 0 Å². The molecule has 0 radical (unpaired) electrons. The molecular formula is C12H12OSSe. The molecule has 0 spiro atoms. The van der Waals surface area contributed by atoms with Crippen molar-refractivity contribution in [2.24, 2.45) is 0 Å². The van der Waals surface area contributed by atoms with Gasteiger partial charge in [-0.2, -0.15) is 0 Å². The van der Waals surface area contributed by atoms with Crippen molar-refractivity contribution >= 4 is 30.1 Å². The van der Waals surface area contributed by atoms with E-state index in [9.17, 15) is 0 Å². The molecule has 0 atom stereocenters. The first-order valence-electron chi connectivity index (χ1n) is 4.79. The first-order valence-corrected chi connectivity index (χ1v) is 7.74. The van der Waals surface area contributed by atoms with Gasteiger partial charge in [0.05, 0.1) is 0 Å². The van der Waals surface area contributed by atoms with Gasteiger partial charge in [0.25, 0.3) is 0 Å². The summed E-state index contributed by atoms with van der Waals surface area (Å²) in [7, 11) is 0. The van der Waals surface area contributed by atoms with Crippen LogP contribution in [0.5, 0.6) is 5.75 Å². The maximum atomic E-state index is 5.62. The van der Waals surface area contributed by atoms with Crippen LogP contribution in [0.2, 0.25) is 5.32 Å². The van der Waals surface area contributed by atoms with E-state index in [1.807, 2.05) is 41.7 Å². The van der Waals surface area contributed by atoms with Crippen molar-refractivity contribution in [2.45, 2.75) is 5.32 Å². The van der Waals surface area contributed by atoms with E-state index in [0.29, 0.717) is 15.0 Å². The van der Waals surface area contributed by atoms with Crippen molar-refractivity contribution in [3.05, 3.63) is 47.8 Å². The Kier molecular flexibility index (Phi) is 4.27. The first kappa shape index (κ1) is 10.7. The van der Waals surface area contributed by atoms with Gasteiger partial charge in [0.15, 0.2) is 0 Å². The second-order valence-corrected chi connectivity index (χ2v) is 6.86. The van der Waals surface area contributed by atoms with Crippen molar-refractivity contribution in [3.63, 3.8) is 0 Å². The summed E-state index contributed by atoms with van der Waals surface area (Å²) in [5.41, 5.74) is 0. The third-order valence-electron chi connectivity index (χ3n) is 1.83. The molecule has 0 aliphatic rings. The van der Waals surface area contributed by atoms with Gasteiger partial charge >= 0.3 is 100 Å². The molecule has 1 nitrogen and oxygen atoms in total. The van der Waals surface area contributed by atoms with E-state index in [4.69, 9.17) is 4.74 Å². The standard InChI is InChI=1S/C12H12OSSe/c1-2-5-11(6-3-1)13-8-10-15-12-7-4-9-14-12/h1-7,9H,8,10H2.